The van der Waals surface area contributed by atoms with Gasteiger partial charge in [-0.15, -0.1) is 0 Å². The number of aliphatic carboxylic acids is 1. The molecule has 8 nitrogen and oxygen atoms in total. The van der Waals surface area contributed by atoms with Gasteiger partial charge >= 0.3 is 20.4 Å². The van der Waals surface area contributed by atoms with Gasteiger partial charge in [-0.25, -0.2) is 4.79 Å². The van der Waals surface area contributed by atoms with E-state index in [1.807, 2.05) is 6.92 Å². The topological polar surface area (TPSA) is 125 Å². The maximum absolute atomic E-state index is 11.8. The van der Waals surface area contributed by atoms with Crippen molar-refractivity contribution in [3.05, 3.63) is 0 Å². The zero-order valence-electron chi connectivity index (χ0n) is 13.1. The van der Waals surface area contributed by atoms with Crippen LogP contribution in [0.4, 0.5) is 13.2 Å². The largest absolute Gasteiger partial charge is 0.490 e. The third-order valence-corrected chi connectivity index (χ3v) is 3.45. The second kappa shape index (κ2) is 11.4. The molecule has 1 aliphatic heterocycles. The Morgan fingerprint density at radius 2 is 2.00 bits per heavy atom. The molecule has 0 bridgehead atoms. The molecule has 0 spiro atoms. The van der Waals surface area contributed by atoms with Gasteiger partial charge in [-0.05, 0) is 25.8 Å². The average molecular weight is 378 g/mol. The number of carbonyl (C=O) groups is 2. The van der Waals surface area contributed by atoms with Crippen molar-refractivity contribution in [3.63, 3.8) is 0 Å². The highest BCUT2D eigenvalue weighted by Gasteiger charge is 2.38. The van der Waals surface area contributed by atoms with Crippen molar-refractivity contribution < 1.29 is 41.8 Å². The van der Waals surface area contributed by atoms with Gasteiger partial charge < -0.3 is 20.6 Å². The van der Waals surface area contributed by atoms with Crippen molar-refractivity contribution in [2.45, 2.75) is 57.5 Å². The van der Waals surface area contributed by atoms with Crippen LogP contribution in [-0.2, 0) is 18.7 Å². The summed E-state index contributed by atoms with van der Waals surface area (Å²) in [4.78, 5) is 29.5. The Kier molecular flexibility index (Phi) is 10.9. The third kappa shape index (κ3) is 10.6. The second-order valence-corrected chi connectivity index (χ2v) is 5.74. The Labute approximate surface area is 137 Å². The first-order chi connectivity index (χ1) is 11.1. The molecule has 0 aromatic heterocycles. The molecule has 0 aliphatic carbocycles. The van der Waals surface area contributed by atoms with Crippen LogP contribution in [0.15, 0.2) is 0 Å². The van der Waals surface area contributed by atoms with Crippen molar-refractivity contribution in [1.29, 1.82) is 0 Å². The predicted molar refractivity (Wildman–Crippen MR) is 78.5 cm³/mol. The molecule has 1 heterocycles. The van der Waals surface area contributed by atoms with Gasteiger partial charge in [0, 0.05) is 0 Å². The van der Waals surface area contributed by atoms with E-state index in [0.717, 1.165) is 32.2 Å². The van der Waals surface area contributed by atoms with E-state index in [2.05, 4.69) is 10.6 Å². The van der Waals surface area contributed by atoms with Crippen molar-refractivity contribution >= 4 is 20.1 Å². The standard InChI is InChI=1S/C10H21N2O4P.C2HF3O2/c1-2-5-9(16-17(14)15)12-10(13)8-6-3-4-7-11-8;3-2(4,5)1(6)7/h8-9,11,17H,2-7H2,1H3,(H,12,13)(H,14,15);(H,6,7)/t8-,9+;/m0./s1. The van der Waals surface area contributed by atoms with Gasteiger partial charge in [-0.2, -0.15) is 13.2 Å². The van der Waals surface area contributed by atoms with Gasteiger partial charge in [0.2, 0.25) is 5.91 Å². The Morgan fingerprint density at radius 3 is 2.38 bits per heavy atom. The molecule has 142 valence electrons. The second-order valence-electron chi connectivity index (χ2n) is 4.98. The van der Waals surface area contributed by atoms with E-state index >= 15 is 0 Å². The molecule has 12 heteroatoms. The lowest BCUT2D eigenvalue weighted by molar-refractivity contribution is -0.192. The first-order valence-electron chi connectivity index (χ1n) is 7.31. The van der Waals surface area contributed by atoms with Gasteiger partial charge in [0.05, 0.1) is 6.04 Å². The summed E-state index contributed by atoms with van der Waals surface area (Å²) in [5.41, 5.74) is 0. The normalized spacial score (nSPS) is 20.3. The summed E-state index contributed by atoms with van der Waals surface area (Å²) < 4.78 is 47.2. The highest BCUT2D eigenvalue weighted by Crippen LogP contribution is 2.19. The van der Waals surface area contributed by atoms with Crippen LogP contribution >= 0.6 is 8.25 Å². The molecule has 0 aromatic rings. The van der Waals surface area contributed by atoms with E-state index in [1.54, 1.807) is 0 Å². The van der Waals surface area contributed by atoms with Crippen molar-refractivity contribution in [1.82, 2.24) is 10.6 Å². The van der Waals surface area contributed by atoms with E-state index < -0.39 is 26.6 Å². The molecule has 1 aliphatic rings. The summed E-state index contributed by atoms with van der Waals surface area (Å²) in [6, 6.07) is -0.201. The average Bonchev–Trinajstić information content (AvgIpc) is 2.47. The highest BCUT2D eigenvalue weighted by molar-refractivity contribution is 7.32. The number of carbonyl (C=O) groups excluding carboxylic acids is 1. The zero-order chi connectivity index (χ0) is 18.8. The maximum Gasteiger partial charge on any atom is 0.490 e. The van der Waals surface area contributed by atoms with E-state index in [0.29, 0.717) is 6.42 Å². The van der Waals surface area contributed by atoms with Gasteiger partial charge in [-0.1, -0.05) is 19.8 Å². The fraction of sp³-hybridized carbons (Fsp3) is 0.833. The van der Waals surface area contributed by atoms with E-state index in [9.17, 15) is 22.5 Å². The summed E-state index contributed by atoms with van der Waals surface area (Å²) in [6.07, 6.45) is -1.51. The molecule has 0 radical (unpaired) electrons. The molecule has 1 amide bonds. The fourth-order valence-electron chi connectivity index (χ4n) is 1.88. The summed E-state index contributed by atoms with van der Waals surface area (Å²) in [5, 5.41) is 12.9. The molecular formula is C12H22F3N2O6P. The quantitative estimate of drug-likeness (QED) is 0.407. The number of rotatable bonds is 6. The number of hydrogen-bond acceptors (Lipinski definition) is 5. The molecule has 0 saturated carbocycles. The molecular weight excluding hydrogens is 356 g/mol. The van der Waals surface area contributed by atoms with Crippen LogP contribution in [0, 0.1) is 0 Å². The summed E-state index contributed by atoms with van der Waals surface area (Å²) in [7, 11) is -3.02. The summed E-state index contributed by atoms with van der Waals surface area (Å²) >= 11 is 0. The van der Waals surface area contributed by atoms with E-state index in [4.69, 9.17) is 19.3 Å². The minimum Gasteiger partial charge on any atom is -0.475 e. The molecule has 3 atom stereocenters. The molecule has 1 rings (SSSR count). The monoisotopic (exact) mass is 378 g/mol. The molecule has 1 saturated heterocycles. The molecule has 1 fully saturated rings. The van der Waals surface area contributed by atoms with Gasteiger partial charge in [-0.3, -0.25) is 13.9 Å². The maximum atomic E-state index is 11.8. The summed E-state index contributed by atoms with van der Waals surface area (Å²) in [6.45, 7) is 2.77. The molecule has 1 unspecified atom stereocenters. The first kappa shape index (κ1) is 22.8. The number of hydrogen-bond donors (Lipinski definition) is 4. The van der Waals surface area contributed by atoms with Gasteiger partial charge in [0.25, 0.3) is 0 Å². The Morgan fingerprint density at radius 1 is 1.42 bits per heavy atom. The number of halogens is 3. The third-order valence-electron chi connectivity index (χ3n) is 2.97. The lowest BCUT2D eigenvalue weighted by Gasteiger charge is -2.25. The summed E-state index contributed by atoms with van der Waals surface area (Å²) in [5.74, 6) is -2.90. The van der Waals surface area contributed by atoms with Crippen LogP contribution in [0.25, 0.3) is 0 Å². The van der Waals surface area contributed by atoms with Crippen LogP contribution in [0.3, 0.4) is 0 Å². The molecule has 4 N–H and O–H groups in total. The number of alkyl halides is 3. The number of amides is 1. The number of carboxylic acids is 1. The number of piperidine rings is 1. The lowest BCUT2D eigenvalue weighted by Crippen LogP contribution is -2.49. The van der Waals surface area contributed by atoms with Crippen LogP contribution in [-0.4, -0.2) is 46.9 Å². The van der Waals surface area contributed by atoms with Crippen molar-refractivity contribution in [3.8, 4) is 0 Å². The SMILES string of the molecule is CCC[C@H](NC(=O)[C@@H]1CCCCN1)O[PH](=O)O.O=C(O)C(F)(F)F. The van der Waals surface area contributed by atoms with E-state index in [1.165, 1.54) is 0 Å². The molecule has 0 aromatic carbocycles. The number of nitrogens with one attached hydrogen (secondary N) is 2. The van der Waals surface area contributed by atoms with Crippen LogP contribution < -0.4 is 10.6 Å². The minimum atomic E-state index is -5.08. The van der Waals surface area contributed by atoms with Gasteiger partial charge in [0.1, 0.15) is 6.23 Å². The fourth-order valence-corrected chi connectivity index (χ4v) is 2.30. The number of carboxylic acid groups (broad SMARTS) is 1. The Hall–Kier alpha value is -1.16. The van der Waals surface area contributed by atoms with Crippen LogP contribution in [0.1, 0.15) is 39.0 Å². The van der Waals surface area contributed by atoms with Crippen molar-refractivity contribution in [2.75, 3.05) is 6.54 Å². The molecule has 24 heavy (non-hydrogen) atoms. The lowest BCUT2D eigenvalue weighted by atomic mass is 10.0. The van der Waals surface area contributed by atoms with E-state index in [-0.39, 0.29) is 11.9 Å². The first-order valence-corrected chi connectivity index (χ1v) is 8.57. The highest BCUT2D eigenvalue weighted by atomic mass is 31.1. The van der Waals surface area contributed by atoms with Crippen LogP contribution in [0.5, 0.6) is 0 Å². The van der Waals surface area contributed by atoms with Crippen molar-refractivity contribution in [2.24, 2.45) is 0 Å². The van der Waals surface area contributed by atoms with Crippen LogP contribution in [0.2, 0.25) is 0 Å². The zero-order valence-corrected chi connectivity index (χ0v) is 14.1. The van der Waals surface area contributed by atoms with Gasteiger partial charge in [0.15, 0.2) is 0 Å². The Bertz CT molecular complexity index is 430. The Balaban J connectivity index is 0.000000640. The predicted octanol–water partition coefficient (Wildman–Crippen LogP) is 1.40. The minimum absolute atomic E-state index is 0.147. The smallest absolute Gasteiger partial charge is 0.475 e.